The van der Waals surface area contributed by atoms with E-state index >= 15 is 0 Å². The molecule has 1 atom stereocenters. The molecule has 1 amide bonds. The summed E-state index contributed by atoms with van der Waals surface area (Å²) in [7, 11) is 0. The van der Waals surface area contributed by atoms with Crippen LogP contribution in [-0.4, -0.2) is 33.3 Å². The molecule has 25 heavy (non-hydrogen) atoms. The molecule has 0 spiro atoms. The molecule has 1 aliphatic carbocycles. The Balaban J connectivity index is 1.48. The molecule has 2 aliphatic rings. The molecule has 1 fully saturated rings. The van der Waals surface area contributed by atoms with E-state index in [2.05, 4.69) is 42.2 Å². The first-order valence-corrected chi connectivity index (χ1v) is 10.3. The van der Waals surface area contributed by atoms with E-state index in [1.165, 1.54) is 21.1 Å². The molecule has 0 saturated carbocycles. The number of piperidine rings is 1. The molecule has 3 heterocycles. The fraction of sp³-hybridized carbons (Fsp3) is 0.600. The zero-order valence-corrected chi connectivity index (χ0v) is 16.2. The van der Waals surface area contributed by atoms with Crippen LogP contribution in [0.3, 0.4) is 0 Å². The highest BCUT2D eigenvalue weighted by Gasteiger charge is 2.31. The monoisotopic (exact) mass is 357 g/mol. The van der Waals surface area contributed by atoms with E-state index in [-0.39, 0.29) is 5.92 Å². The molecule has 4 rings (SSSR count). The van der Waals surface area contributed by atoms with Crippen molar-refractivity contribution in [1.82, 2.24) is 14.3 Å². The van der Waals surface area contributed by atoms with Crippen molar-refractivity contribution in [2.45, 2.75) is 58.8 Å². The number of imidazole rings is 1. The van der Waals surface area contributed by atoms with Gasteiger partial charge in [0.05, 0.1) is 5.69 Å². The Bertz CT molecular complexity index is 824. The maximum absolute atomic E-state index is 12.7. The van der Waals surface area contributed by atoms with Crippen LogP contribution in [-0.2, 0) is 4.79 Å². The number of likely N-dealkylation sites (tertiary alicyclic amines) is 1. The Labute approximate surface area is 153 Å². The third-order valence-corrected chi connectivity index (χ3v) is 7.12. The number of amides is 1. The molecule has 5 heteroatoms. The molecule has 2 aromatic heterocycles. The van der Waals surface area contributed by atoms with Gasteiger partial charge in [-0.15, -0.1) is 11.3 Å². The summed E-state index contributed by atoms with van der Waals surface area (Å²) in [6.07, 6.45) is 9.44. The van der Waals surface area contributed by atoms with Crippen molar-refractivity contribution in [3.63, 3.8) is 0 Å². The number of hydrogen-bond donors (Lipinski definition) is 0. The summed E-state index contributed by atoms with van der Waals surface area (Å²) in [5.41, 5.74) is 2.57. The van der Waals surface area contributed by atoms with Gasteiger partial charge < -0.3 is 4.90 Å². The molecule has 2 aromatic rings. The molecule has 0 radical (unpaired) electrons. The Kier molecular flexibility index (Phi) is 4.44. The van der Waals surface area contributed by atoms with Crippen LogP contribution in [0.5, 0.6) is 0 Å². The number of carbonyl (C=O) groups excluding carboxylic acids is 1. The van der Waals surface area contributed by atoms with E-state index in [0.717, 1.165) is 51.0 Å². The van der Waals surface area contributed by atoms with Gasteiger partial charge in [0.1, 0.15) is 10.7 Å². The van der Waals surface area contributed by atoms with Crippen LogP contribution in [0.25, 0.3) is 4.83 Å². The summed E-state index contributed by atoms with van der Waals surface area (Å²) < 4.78 is 2.31. The van der Waals surface area contributed by atoms with Crippen LogP contribution in [0.2, 0.25) is 0 Å². The van der Waals surface area contributed by atoms with Crippen molar-refractivity contribution < 1.29 is 4.79 Å². The van der Waals surface area contributed by atoms with Crippen molar-refractivity contribution in [2.75, 3.05) is 13.1 Å². The molecule has 0 N–H and O–H groups in total. The summed E-state index contributed by atoms with van der Waals surface area (Å²) in [6, 6.07) is 0. The van der Waals surface area contributed by atoms with Crippen LogP contribution in [0, 0.1) is 26.7 Å². The van der Waals surface area contributed by atoms with Gasteiger partial charge in [0.25, 0.3) is 0 Å². The standard InChI is InChI=1S/C20H27N3OS/c1-13-14(2)25-20-18(21-15(3)23(13)20)16-9-11-22(12-10-16)19(24)17-7-5-4-6-8-17/h4-5,16-17H,6-12H2,1-3H3. The van der Waals surface area contributed by atoms with E-state index < -0.39 is 0 Å². The lowest BCUT2D eigenvalue weighted by molar-refractivity contribution is -0.136. The summed E-state index contributed by atoms with van der Waals surface area (Å²) in [4.78, 5) is 22.4. The second-order valence-corrected chi connectivity index (χ2v) is 8.71. The van der Waals surface area contributed by atoms with E-state index in [0.29, 0.717) is 11.8 Å². The maximum Gasteiger partial charge on any atom is 0.226 e. The number of hydrogen-bond acceptors (Lipinski definition) is 3. The highest BCUT2D eigenvalue weighted by Crippen LogP contribution is 2.36. The average Bonchev–Trinajstić information content (AvgIpc) is 3.12. The van der Waals surface area contributed by atoms with Gasteiger partial charge in [0.15, 0.2) is 0 Å². The third kappa shape index (κ3) is 2.92. The molecular formula is C20H27N3OS. The van der Waals surface area contributed by atoms with Crippen LogP contribution < -0.4 is 0 Å². The summed E-state index contributed by atoms with van der Waals surface area (Å²) in [6.45, 7) is 8.23. The first-order chi connectivity index (χ1) is 12.1. The number of aromatic nitrogens is 2. The Morgan fingerprint density at radius 3 is 2.60 bits per heavy atom. The largest absolute Gasteiger partial charge is 0.342 e. The Morgan fingerprint density at radius 2 is 1.92 bits per heavy atom. The lowest BCUT2D eigenvalue weighted by Crippen LogP contribution is -2.41. The molecule has 4 nitrogen and oxygen atoms in total. The highest BCUT2D eigenvalue weighted by atomic mass is 32.1. The smallest absolute Gasteiger partial charge is 0.226 e. The van der Waals surface area contributed by atoms with Gasteiger partial charge in [-0.1, -0.05) is 12.2 Å². The van der Waals surface area contributed by atoms with Crippen molar-refractivity contribution >= 4 is 22.1 Å². The zero-order valence-electron chi connectivity index (χ0n) is 15.4. The molecule has 0 aromatic carbocycles. The van der Waals surface area contributed by atoms with Crippen molar-refractivity contribution in [1.29, 1.82) is 0 Å². The van der Waals surface area contributed by atoms with Crippen molar-refractivity contribution in [3.8, 4) is 0 Å². The number of thiazole rings is 1. The predicted octanol–water partition coefficient (Wildman–Crippen LogP) is 4.38. The second kappa shape index (κ2) is 6.60. The Morgan fingerprint density at radius 1 is 1.16 bits per heavy atom. The number of fused-ring (bicyclic) bond motifs is 1. The summed E-state index contributed by atoms with van der Waals surface area (Å²) in [5, 5.41) is 0. The van der Waals surface area contributed by atoms with E-state index in [1.807, 2.05) is 11.3 Å². The van der Waals surface area contributed by atoms with Crippen molar-refractivity contribution in [3.05, 3.63) is 34.2 Å². The van der Waals surface area contributed by atoms with E-state index in [1.54, 1.807) is 0 Å². The second-order valence-electron chi connectivity index (χ2n) is 7.51. The number of nitrogens with zero attached hydrogens (tertiary/aromatic N) is 3. The number of allylic oxidation sites excluding steroid dienone is 2. The van der Waals surface area contributed by atoms with Gasteiger partial charge in [0, 0.05) is 35.5 Å². The lowest BCUT2D eigenvalue weighted by atomic mass is 9.90. The summed E-state index contributed by atoms with van der Waals surface area (Å²) in [5.74, 6) is 2.17. The first-order valence-electron chi connectivity index (χ1n) is 9.45. The third-order valence-electron chi connectivity index (χ3n) is 5.93. The van der Waals surface area contributed by atoms with E-state index in [9.17, 15) is 4.79 Å². The van der Waals surface area contributed by atoms with Gasteiger partial charge in [0.2, 0.25) is 5.91 Å². The minimum atomic E-state index is 0.214. The predicted molar refractivity (Wildman–Crippen MR) is 102 cm³/mol. The van der Waals surface area contributed by atoms with Gasteiger partial charge in [-0.25, -0.2) is 4.98 Å². The Hall–Kier alpha value is -1.62. The zero-order chi connectivity index (χ0) is 17.6. The minimum Gasteiger partial charge on any atom is -0.342 e. The van der Waals surface area contributed by atoms with Crippen LogP contribution >= 0.6 is 11.3 Å². The topological polar surface area (TPSA) is 37.6 Å². The van der Waals surface area contributed by atoms with Gasteiger partial charge in [-0.3, -0.25) is 9.20 Å². The quantitative estimate of drug-likeness (QED) is 0.748. The highest BCUT2D eigenvalue weighted by molar-refractivity contribution is 7.17. The fourth-order valence-electron chi connectivity index (χ4n) is 4.32. The molecular weight excluding hydrogens is 330 g/mol. The van der Waals surface area contributed by atoms with Gasteiger partial charge >= 0.3 is 0 Å². The SMILES string of the molecule is Cc1sc2c(C3CCN(C(=O)C4CC=CCC4)CC3)nc(C)n2c1C. The van der Waals surface area contributed by atoms with Crippen LogP contribution in [0.4, 0.5) is 0 Å². The molecule has 134 valence electrons. The van der Waals surface area contributed by atoms with Crippen LogP contribution in [0.15, 0.2) is 12.2 Å². The normalized spacial score (nSPS) is 22.0. The number of carbonyl (C=O) groups is 1. The maximum atomic E-state index is 12.7. The molecule has 0 bridgehead atoms. The number of rotatable bonds is 2. The van der Waals surface area contributed by atoms with Crippen molar-refractivity contribution in [2.24, 2.45) is 5.92 Å². The summed E-state index contributed by atoms with van der Waals surface area (Å²) >= 11 is 1.86. The van der Waals surface area contributed by atoms with Crippen LogP contribution in [0.1, 0.15) is 60.1 Å². The first kappa shape index (κ1) is 16.8. The van der Waals surface area contributed by atoms with E-state index in [4.69, 9.17) is 4.98 Å². The minimum absolute atomic E-state index is 0.214. The lowest BCUT2D eigenvalue weighted by Gasteiger charge is -2.34. The molecule has 1 unspecified atom stereocenters. The fourth-order valence-corrected chi connectivity index (χ4v) is 5.52. The molecule has 1 aliphatic heterocycles. The average molecular weight is 358 g/mol. The number of aryl methyl sites for hydroxylation is 3. The molecule has 1 saturated heterocycles. The van der Waals surface area contributed by atoms with Gasteiger partial charge in [-0.05, 0) is 52.9 Å². The van der Waals surface area contributed by atoms with Gasteiger partial charge in [-0.2, -0.15) is 0 Å².